The molecule has 5 heteroatoms. The predicted molar refractivity (Wildman–Crippen MR) is 111 cm³/mol. The standard InChI is InChI=1S/C23H30N2O3/c1-16-8-5-6-9-19(16)17(2)24-23(26)15-25-13-7-10-21(25)20-14-18(27-3)11-12-22(20)28-4/h5-6,8-9,11-12,14,17,21H,7,10,13,15H2,1-4H3,(H,24,26)/t17-,21-/m0/s1. The first-order valence-corrected chi connectivity index (χ1v) is 9.84. The third-order valence-electron chi connectivity index (χ3n) is 5.54. The molecule has 1 aliphatic rings. The number of methoxy groups -OCH3 is 2. The molecule has 0 aliphatic carbocycles. The number of carbonyl (C=O) groups excluding carboxylic acids is 1. The number of ether oxygens (including phenoxy) is 2. The summed E-state index contributed by atoms with van der Waals surface area (Å²) in [6.07, 6.45) is 2.07. The molecule has 0 saturated carbocycles. The topological polar surface area (TPSA) is 50.8 Å². The van der Waals surface area contributed by atoms with Crippen molar-refractivity contribution in [2.75, 3.05) is 27.3 Å². The van der Waals surface area contributed by atoms with E-state index in [0.717, 1.165) is 42.0 Å². The highest BCUT2D eigenvalue weighted by Gasteiger charge is 2.30. The average Bonchev–Trinajstić information content (AvgIpc) is 3.15. The van der Waals surface area contributed by atoms with Crippen LogP contribution in [0.3, 0.4) is 0 Å². The van der Waals surface area contributed by atoms with E-state index in [1.54, 1.807) is 14.2 Å². The number of nitrogens with zero attached hydrogens (tertiary/aromatic N) is 1. The maximum atomic E-state index is 12.7. The van der Waals surface area contributed by atoms with E-state index in [0.29, 0.717) is 6.54 Å². The number of aryl methyl sites for hydroxylation is 1. The second-order valence-electron chi connectivity index (χ2n) is 7.38. The molecule has 1 fully saturated rings. The van der Waals surface area contributed by atoms with Crippen molar-refractivity contribution in [1.29, 1.82) is 0 Å². The lowest BCUT2D eigenvalue weighted by atomic mass is 10.0. The van der Waals surface area contributed by atoms with Crippen molar-refractivity contribution in [3.63, 3.8) is 0 Å². The molecule has 0 unspecified atom stereocenters. The van der Waals surface area contributed by atoms with E-state index >= 15 is 0 Å². The molecule has 5 nitrogen and oxygen atoms in total. The summed E-state index contributed by atoms with van der Waals surface area (Å²) in [7, 11) is 3.35. The molecule has 150 valence electrons. The van der Waals surface area contributed by atoms with Gasteiger partial charge in [-0.25, -0.2) is 0 Å². The Morgan fingerprint density at radius 2 is 2.00 bits per heavy atom. The van der Waals surface area contributed by atoms with Crippen molar-refractivity contribution in [2.45, 2.75) is 38.8 Å². The number of rotatable bonds is 7. The fourth-order valence-corrected chi connectivity index (χ4v) is 4.09. The van der Waals surface area contributed by atoms with Crippen LogP contribution in [0.4, 0.5) is 0 Å². The normalized spacial score (nSPS) is 17.9. The third-order valence-corrected chi connectivity index (χ3v) is 5.54. The van der Waals surface area contributed by atoms with Crippen LogP contribution >= 0.6 is 0 Å². The molecule has 1 heterocycles. The van der Waals surface area contributed by atoms with E-state index in [4.69, 9.17) is 9.47 Å². The van der Waals surface area contributed by atoms with Crippen LogP contribution in [0.5, 0.6) is 11.5 Å². The second kappa shape index (κ2) is 9.11. The number of nitrogens with one attached hydrogen (secondary N) is 1. The minimum Gasteiger partial charge on any atom is -0.497 e. The minimum atomic E-state index is -0.0129. The van der Waals surface area contributed by atoms with Crippen LogP contribution in [-0.2, 0) is 4.79 Å². The van der Waals surface area contributed by atoms with Gasteiger partial charge in [0.05, 0.1) is 26.8 Å². The fourth-order valence-electron chi connectivity index (χ4n) is 4.09. The molecular weight excluding hydrogens is 352 g/mol. The Bertz CT molecular complexity index is 821. The lowest BCUT2D eigenvalue weighted by Crippen LogP contribution is -2.38. The van der Waals surface area contributed by atoms with Crippen LogP contribution in [0.1, 0.15) is 48.5 Å². The number of likely N-dealkylation sites (tertiary alicyclic amines) is 1. The van der Waals surface area contributed by atoms with Gasteiger partial charge in [-0.2, -0.15) is 0 Å². The van der Waals surface area contributed by atoms with Gasteiger partial charge in [0.1, 0.15) is 11.5 Å². The highest BCUT2D eigenvalue weighted by atomic mass is 16.5. The number of hydrogen-bond donors (Lipinski definition) is 1. The first-order valence-electron chi connectivity index (χ1n) is 9.84. The Kier molecular flexibility index (Phi) is 6.57. The van der Waals surface area contributed by atoms with Crippen molar-refractivity contribution in [2.24, 2.45) is 0 Å². The lowest BCUT2D eigenvalue weighted by molar-refractivity contribution is -0.123. The molecule has 0 spiro atoms. The molecule has 2 aromatic carbocycles. The monoisotopic (exact) mass is 382 g/mol. The first kappa shape index (κ1) is 20.2. The third kappa shape index (κ3) is 4.47. The van der Waals surface area contributed by atoms with Gasteiger partial charge in [-0.05, 0) is 62.6 Å². The largest absolute Gasteiger partial charge is 0.497 e. The van der Waals surface area contributed by atoms with Crippen LogP contribution in [-0.4, -0.2) is 38.1 Å². The van der Waals surface area contributed by atoms with Gasteiger partial charge in [-0.1, -0.05) is 24.3 Å². The first-order chi connectivity index (χ1) is 13.5. The zero-order valence-corrected chi connectivity index (χ0v) is 17.2. The zero-order valence-electron chi connectivity index (χ0n) is 17.2. The number of benzene rings is 2. The summed E-state index contributed by atoms with van der Waals surface area (Å²) >= 11 is 0. The van der Waals surface area contributed by atoms with E-state index in [1.807, 2.05) is 37.3 Å². The highest BCUT2D eigenvalue weighted by Crippen LogP contribution is 2.38. The van der Waals surface area contributed by atoms with Gasteiger partial charge >= 0.3 is 0 Å². The van der Waals surface area contributed by atoms with Crippen LogP contribution in [0, 0.1) is 6.92 Å². The van der Waals surface area contributed by atoms with E-state index in [-0.39, 0.29) is 18.0 Å². The van der Waals surface area contributed by atoms with Crippen molar-refractivity contribution in [1.82, 2.24) is 10.2 Å². The van der Waals surface area contributed by atoms with Gasteiger partial charge in [0, 0.05) is 11.6 Å². The van der Waals surface area contributed by atoms with Crippen LogP contribution in [0.25, 0.3) is 0 Å². The summed E-state index contributed by atoms with van der Waals surface area (Å²) in [5, 5.41) is 3.15. The summed E-state index contributed by atoms with van der Waals surface area (Å²) in [4.78, 5) is 15.0. The quantitative estimate of drug-likeness (QED) is 0.786. The maximum Gasteiger partial charge on any atom is 0.234 e. The van der Waals surface area contributed by atoms with E-state index in [1.165, 1.54) is 5.56 Å². The Hall–Kier alpha value is -2.53. The van der Waals surface area contributed by atoms with E-state index in [2.05, 4.69) is 29.3 Å². The van der Waals surface area contributed by atoms with E-state index in [9.17, 15) is 4.79 Å². The van der Waals surface area contributed by atoms with Gasteiger partial charge in [0.2, 0.25) is 5.91 Å². The molecule has 1 aliphatic heterocycles. The summed E-state index contributed by atoms with van der Waals surface area (Å²) in [6.45, 7) is 5.38. The zero-order chi connectivity index (χ0) is 20.1. The molecule has 2 atom stereocenters. The summed E-state index contributed by atoms with van der Waals surface area (Å²) in [5.41, 5.74) is 3.43. The molecule has 1 saturated heterocycles. The fraction of sp³-hybridized carbons (Fsp3) is 0.435. The number of hydrogen-bond acceptors (Lipinski definition) is 4. The molecule has 0 aromatic heterocycles. The van der Waals surface area contributed by atoms with Crippen LogP contribution in [0.2, 0.25) is 0 Å². The van der Waals surface area contributed by atoms with Crippen molar-refractivity contribution in [3.05, 3.63) is 59.2 Å². The predicted octanol–water partition coefficient (Wildman–Crippen LogP) is 4.03. The van der Waals surface area contributed by atoms with E-state index < -0.39 is 0 Å². The van der Waals surface area contributed by atoms with Crippen LogP contribution in [0.15, 0.2) is 42.5 Å². The molecule has 0 radical (unpaired) electrons. The molecule has 28 heavy (non-hydrogen) atoms. The maximum absolute atomic E-state index is 12.7. The molecular formula is C23H30N2O3. The molecule has 3 rings (SSSR count). The van der Waals surface area contributed by atoms with Crippen molar-refractivity contribution in [3.8, 4) is 11.5 Å². The Morgan fingerprint density at radius 3 is 2.71 bits per heavy atom. The molecule has 1 N–H and O–H groups in total. The SMILES string of the molecule is COc1ccc(OC)c([C@@H]2CCCN2CC(=O)N[C@@H](C)c2ccccc2C)c1. The van der Waals surface area contributed by atoms with Gasteiger partial charge in [0.15, 0.2) is 0 Å². The average molecular weight is 383 g/mol. The van der Waals surface area contributed by atoms with Gasteiger partial charge in [-0.15, -0.1) is 0 Å². The van der Waals surface area contributed by atoms with Crippen LogP contribution < -0.4 is 14.8 Å². The molecule has 0 bridgehead atoms. The lowest BCUT2D eigenvalue weighted by Gasteiger charge is -2.27. The minimum absolute atomic E-state index is 0.0129. The van der Waals surface area contributed by atoms with Crippen molar-refractivity contribution >= 4 is 5.91 Å². The summed E-state index contributed by atoms with van der Waals surface area (Å²) < 4.78 is 11.0. The molecule has 1 amide bonds. The summed E-state index contributed by atoms with van der Waals surface area (Å²) in [6, 6.07) is 14.2. The number of carbonyl (C=O) groups is 1. The molecule has 2 aromatic rings. The van der Waals surface area contributed by atoms with Gasteiger partial charge < -0.3 is 14.8 Å². The van der Waals surface area contributed by atoms with Crippen molar-refractivity contribution < 1.29 is 14.3 Å². The smallest absolute Gasteiger partial charge is 0.234 e. The van der Waals surface area contributed by atoms with Gasteiger partial charge in [0.25, 0.3) is 0 Å². The summed E-state index contributed by atoms with van der Waals surface area (Å²) in [5.74, 6) is 1.69. The van der Waals surface area contributed by atoms with Gasteiger partial charge in [-0.3, -0.25) is 9.69 Å². The Morgan fingerprint density at radius 1 is 1.21 bits per heavy atom. The highest BCUT2D eigenvalue weighted by molar-refractivity contribution is 5.78. The second-order valence-corrected chi connectivity index (χ2v) is 7.38. The Labute approximate surface area is 167 Å². The Balaban J connectivity index is 1.70. The number of amides is 1.